The van der Waals surface area contributed by atoms with E-state index in [-0.39, 0.29) is 5.91 Å². The van der Waals surface area contributed by atoms with Crippen LogP contribution < -0.4 is 0 Å². The molecule has 138 valence electrons. The highest BCUT2D eigenvalue weighted by atomic mass is 35.5. The maximum absolute atomic E-state index is 13.2. The summed E-state index contributed by atoms with van der Waals surface area (Å²) in [6.45, 7) is 0.506. The van der Waals surface area contributed by atoms with Crippen LogP contribution in [0.4, 0.5) is 0 Å². The maximum atomic E-state index is 13.2. The Hall–Kier alpha value is -2.81. The van der Waals surface area contributed by atoms with Crippen molar-refractivity contribution in [2.45, 2.75) is 6.54 Å². The van der Waals surface area contributed by atoms with E-state index < -0.39 is 0 Å². The van der Waals surface area contributed by atoms with Crippen LogP contribution in [0.2, 0.25) is 10.0 Å². The molecule has 0 bridgehead atoms. The fourth-order valence-electron chi connectivity index (χ4n) is 3.18. The van der Waals surface area contributed by atoms with Crippen LogP contribution in [0, 0.1) is 0 Å². The summed E-state index contributed by atoms with van der Waals surface area (Å²) in [6, 6.07) is 25.0. The Morgan fingerprint density at radius 2 is 1.39 bits per heavy atom. The number of rotatable bonds is 4. The van der Waals surface area contributed by atoms with Crippen LogP contribution in [0.15, 0.2) is 90.5 Å². The second-order valence-corrected chi connectivity index (χ2v) is 7.44. The molecule has 0 atom stereocenters. The van der Waals surface area contributed by atoms with E-state index in [1.54, 1.807) is 4.90 Å². The molecule has 1 heterocycles. The van der Waals surface area contributed by atoms with Gasteiger partial charge in [-0.1, -0.05) is 77.8 Å². The van der Waals surface area contributed by atoms with Gasteiger partial charge in [0, 0.05) is 15.6 Å². The molecule has 3 aromatic carbocycles. The van der Waals surface area contributed by atoms with Crippen LogP contribution >= 0.6 is 23.2 Å². The van der Waals surface area contributed by atoms with Gasteiger partial charge >= 0.3 is 0 Å². The molecule has 0 saturated heterocycles. The Kier molecular flexibility index (Phi) is 5.34. The molecule has 28 heavy (non-hydrogen) atoms. The molecule has 0 aliphatic carbocycles. The van der Waals surface area contributed by atoms with Gasteiger partial charge < -0.3 is 4.90 Å². The summed E-state index contributed by atoms with van der Waals surface area (Å²) in [5, 5.41) is 1.34. The van der Waals surface area contributed by atoms with Crippen molar-refractivity contribution in [3.8, 4) is 0 Å². The van der Waals surface area contributed by atoms with Crippen molar-refractivity contribution in [1.29, 1.82) is 0 Å². The van der Waals surface area contributed by atoms with Crippen molar-refractivity contribution in [2.24, 2.45) is 0 Å². The molecule has 1 amide bonds. The molecule has 0 fully saturated rings. The number of carbonyl (C=O) groups is 1. The highest BCUT2D eigenvalue weighted by Crippen LogP contribution is 2.32. The molecule has 0 aromatic heterocycles. The summed E-state index contributed by atoms with van der Waals surface area (Å²) in [6.07, 6.45) is 3.82. The topological polar surface area (TPSA) is 20.3 Å². The van der Waals surface area contributed by atoms with E-state index in [0.29, 0.717) is 22.2 Å². The lowest BCUT2D eigenvalue weighted by Crippen LogP contribution is -2.25. The zero-order valence-electron chi connectivity index (χ0n) is 15.0. The number of halogens is 2. The molecule has 0 radical (unpaired) electrons. The zero-order valence-corrected chi connectivity index (χ0v) is 16.5. The lowest BCUT2D eigenvalue weighted by Gasteiger charge is -2.21. The SMILES string of the molecule is O=C1C(=Cc2ccc(Cl)cc2)C=C(c2ccc(Cl)cc2)N1Cc1ccccc1. The van der Waals surface area contributed by atoms with Crippen molar-refractivity contribution in [3.63, 3.8) is 0 Å². The maximum Gasteiger partial charge on any atom is 0.258 e. The Bertz CT molecular complexity index is 1050. The first-order chi connectivity index (χ1) is 13.6. The van der Waals surface area contributed by atoms with Crippen LogP contribution in [-0.4, -0.2) is 10.8 Å². The quantitative estimate of drug-likeness (QED) is 0.456. The predicted molar refractivity (Wildman–Crippen MR) is 116 cm³/mol. The lowest BCUT2D eigenvalue weighted by molar-refractivity contribution is -0.123. The number of nitrogens with zero attached hydrogens (tertiary/aromatic N) is 1. The third-order valence-corrected chi connectivity index (χ3v) is 5.09. The van der Waals surface area contributed by atoms with E-state index in [1.807, 2.05) is 91.0 Å². The first-order valence-electron chi connectivity index (χ1n) is 8.91. The van der Waals surface area contributed by atoms with Gasteiger partial charge in [-0.3, -0.25) is 4.79 Å². The van der Waals surface area contributed by atoms with Gasteiger partial charge in [-0.2, -0.15) is 0 Å². The van der Waals surface area contributed by atoms with E-state index in [0.717, 1.165) is 22.4 Å². The van der Waals surface area contributed by atoms with E-state index >= 15 is 0 Å². The van der Waals surface area contributed by atoms with Crippen LogP contribution in [0.1, 0.15) is 16.7 Å². The van der Waals surface area contributed by atoms with Crippen molar-refractivity contribution >= 4 is 40.9 Å². The molecule has 1 aliphatic heterocycles. The largest absolute Gasteiger partial charge is 0.303 e. The number of benzene rings is 3. The summed E-state index contributed by atoms with van der Waals surface area (Å²) in [5.41, 5.74) is 4.46. The van der Waals surface area contributed by atoms with Crippen molar-refractivity contribution in [2.75, 3.05) is 0 Å². The average molecular weight is 406 g/mol. The van der Waals surface area contributed by atoms with E-state index in [9.17, 15) is 4.79 Å². The molecule has 4 rings (SSSR count). The van der Waals surface area contributed by atoms with Crippen LogP contribution in [-0.2, 0) is 11.3 Å². The molecule has 0 spiro atoms. The van der Waals surface area contributed by atoms with Crippen molar-refractivity contribution < 1.29 is 4.79 Å². The minimum absolute atomic E-state index is 0.0243. The summed E-state index contributed by atoms with van der Waals surface area (Å²) < 4.78 is 0. The highest BCUT2D eigenvalue weighted by molar-refractivity contribution is 6.30. The van der Waals surface area contributed by atoms with Gasteiger partial charge in [0.15, 0.2) is 0 Å². The fourth-order valence-corrected chi connectivity index (χ4v) is 3.43. The number of hydrogen-bond acceptors (Lipinski definition) is 1. The molecule has 1 aliphatic rings. The summed E-state index contributed by atoms with van der Waals surface area (Å²) in [4.78, 5) is 15.0. The van der Waals surface area contributed by atoms with E-state index in [2.05, 4.69) is 0 Å². The molecule has 4 heteroatoms. The Morgan fingerprint density at radius 3 is 2.04 bits per heavy atom. The van der Waals surface area contributed by atoms with Gasteiger partial charge in [-0.25, -0.2) is 0 Å². The predicted octanol–water partition coefficient (Wildman–Crippen LogP) is 6.46. The van der Waals surface area contributed by atoms with Gasteiger partial charge in [-0.05, 0) is 53.1 Å². The first kappa shape index (κ1) is 18.5. The smallest absolute Gasteiger partial charge is 0.258 e. The van der Waals surface area contributed by atoms with Gasteiger partial charge in [0.1, 0.15) is 0 Å². The third-order valence-electron chi connectivity index (χ3n) is 4.59. The molecule has 0 N–H and O–H groups in total. The molecular formula is C24H17Cl2NO. The first-order valence-corrected chi connectivity index (χ1v) is 9.66. The van der Waals surface area contributed by atoms with Crippen LogP contribution in [0.5, 0.6) is 0 Å². The van der Waals surface area contributed by atoms with Gasteiger partial charge in [0.2, 0.25) is 0 Å². The standard InChI is InChI=1S/C24H17Cl2NO/c25-21-10-6-17(7-11-21)14-20-15-23(19-8-12-22(26)13-9-19)27(24(20)28)16-18-4-2-1-3-5-18/h1-15H,16H2. The normalized spacial score (nSPS) is 15.2. The minimum Gasteiger partial charge on any atom is -0.303 e. The fraction of sp³-hybridized carbons (Fsp3) is 0.0417. The Morgan fingerprint density at radius 1 is 0.786 bits per heavy atom. The van der Waals surface area contributed by atoms with E-state index in [1.165, 1.54) is 0 Å². The van der Waals surface area contributed by atoms with Crippen molar-refractivity contribution in [3.05, 3.63) is 117 Å². The average Bonchev–Trinajstić information content (AvgIpc) is 3.01. The molecule has 0 saturated carbocycles. The minimum atomic E-state index is -0.0243. The molecule has 0 unspecified atom stereocenters. The Labute approximate surface area is 174 Å². The lowest BCUT2D eigenvalue weighted by atomic mass is 10.1. The van der Waals surface area contributed by atoms with Gasteiger partial charge in [0.25, 0.3) is 5.91 Å². The Balaban J connectivity index is 1.73. The molecular weight excluding hydrogens is 389 g/mol. The van der Waals surface area contributed by atoms with Crippen LogP contribution in [0.3, 0.4) is 0 Å². The number of amides is 1. The monoisotopic (exact) mass is 405 g/mol. The van der Waals surface area contributed by atoms with E-state index in [4.69, 9.17) is 23.2 Å². The summed E-state index contributed by atoms with van der Waals surface area (Å²) in [5.74, 6) is -0.0243. The summed E-state index contributed by atoms with van der Waals surface area (Å²) in [7, 11) is 0. The number of carbonyl (C=O) groups excluding carboxylic acids is 1. The van der Waals surface area contributed by atoms with Gasteiger partial charge in [0.05, 0.1) is 12.2 Å². The highest BCUT2D eigenvalue weighted by Gasteiger charge is 2.29. The third kappa shape index (κ3) is 4.04. The second-order valence-electron chi connectivity index (χ2n) is 6.56. The van der Waals surface area contributed by atoms with Crippen molar-refractivity contribution in [1.82, 2.24) is 4.90 Å². The van der Waals surface area contributed by atoms with Crippen LogP contribution in [0.25, 0.3) is 11.8 Å². The molecule has 3 aromatic rings. The number of hydrogen-bond donors (Lipinski definition) is 0. The zero-order chi connectivity index (χ0) is 19.5. The molecule has 2 nitrogen and oxygen atoms in total. The van der Waals surface area contributed by atoms with Gasteiger partial charge in [-0.15, -0.1) is 0 Å². The summed E-state index contributed by atoms with van der Waals surface area (Å²) >= 11 is 12.0. The second kappa shape index (κ2) is 8.05.